The van der Waals surface area contributed by atoms with Gasteiger partial charge in [-0.3, -0.25) is 5.10 Å². The zero-order valence-electron chi connectivity index (χ0n) is 10.1. The van der Waals surface area contributed by atoms with Crippen LogP contribution in [0.15, 0.2) is 36.5 Å². The molecule has 1 unspecified atom stereocenters. The first-order valence-electron chi connectivity index (χ1n) is 5.80. The van der Waals surface area contributed by atoms with Gasteiger partial charge in [-0.25, -0.2) is 4.79 Å². The van der Waals surface area contributed by atoms with Gasteiger partial charge in [0, 0.05) is 11.9 Å². The molecular formula is C13H15N3O2. The maximum absolute atomic E-state index is 10.9. The molecule has 1 aromatic heterocycles. The summed E-state index contributed by atoms with van der Waals surface area (Å²) >= 11 is 0. The largest absolute Gasteiger partial charge is 0.480 e. The quantitative estimate of drug-likeness (QED) is 0.755. The number of aromatic amines is 1. The van der Waals surface area contributed by atoms with Gasteiger partial charge in [-0.05, 0) is 30.2 Å². The second kappa shape index (κ2) is 5.35. The molecule has 0 radical (unpaired) electrons. The molecule has 1 aromatic carbocycles. The van der Waals surface area contributed by atoms with E-state index in [4.69, 9.17) is 5.11 Å². The van der Waals surface area contributed by atoms with Crippen molar-refractivity contribution in [3.8, 4) is 11.3 Å². The number of nitrogens with one attached hydrogen (secondary N) is 2. The molecule has 5 nitrogen and oxygen atoms in total. The fourth-order valence-corrected chi connectivity index (χ4v) is 1.70. The van der Waals surface area contributed by atoms with Crippen molar-refractivity contribution in [3.05, 3.63) is 36.5 Å². The fraction of sp³-hybridized carbons (Fsp3) is 0.231. The second-order valence-corrected chi connectivity index (χ2v) is 3.99. The lowest BCUT2D eigenvalue weighted by molar-refractivity contribution is -0.137. The predicted octanol–water partition coefficient (Wildman–Crippen LogP) is 2.35. The van der Waals surface area contributed by atoms with Crippen molar-refractivity contribution in [1.29, 1.82) is 0 Å². The Kier molecular flexibility index (Phi) is 3.62. The summed E-state index contributed by atoms with van der Waals surface area (Å²) in [5, 5.41) is 18.7. The van der Waals surface area contributed by atoms with Gasteiger partial charge in [0.25, 0.3) is 0 Å². The number of hydrogen-bond acceptors (Lipinski definition) is 3. The smallest absolute Gasteiger partial charge is 0.326 e. The third kappa shape index (κ3) is 2.68. The average molecular weight is 245 g/mol. The highest BCUT2D eigenvalue weighted by Gasteiger charge is 2.13. The van der Waals surface area contributed by atoms with Crippen LogP contribution in [0.5, 0.6) is 0 Å². The molecule has 18 heavy (non-hydrogen) atoms. The summed E-state index contributed by atoms with van der Waals surface area (Å²) in [6, 6.07) is 8.90. The Bertz CT molecular complexity index is 506. The summed E-state index contributed by atoms with van der Waals surface area (Å²) in [7, 11) is 0. The van der Waals surface area contributed by atoms with E-state index in [-0.39, 0.29) is 0 Å². The van der Waals surface area contributed by atoms with Gasteiger partial charge in [-0.15, -0.1) is 0 Å². The van der Waals surface area contributed by atoms with E-state index in [2.05, 4.69) is 15.5 Å². The van der Waals surface area contributed by atoms with Gasteiger partial charge in [0.05, 0.1) is 5.69 Å². The monoisotopic (exact) mass is 245 g/mol. The molecular weight excluding hydrogens is 230 g/mol. The Morgan fingerprint density at radius 1 is 1.39 bits per heavy atom. The molecule has 2 aromatic rings. The van der Waals surface area contributed by atoms with Crippen LogP contribution in [0.3, 0.4) is 0 Å². The van der Waals surface area contributed by atoms with E-state index in [1.54, 1.807) is 6.20 Å². The molecule has 0 saturated carbocycles. The Labute approximate surface area is 105 Å². The highest BCUT2D eigenvalue weighted by molar-refractivity contribution is 5.77. The van der Waals surface area contributed by atoms with Crippen LogP contribution in [-0.2, 0) is 4.79 Å². The molecule has 5 heteroatoms. The molecule has 0 spiro atoms. The molecule has 0 aliphatic carbocycles. The zero-order valence-corrected chi connectivity index (χ0v) is 10.1. The van der Waals surface area contributed by atoms with Crippen molar-refractivity contribution < 1.29 is 9.90 Å². The van der Waals surface area contributed by atoms with Crippen molar-refractivity contribution >= 4 is 11.7 Å². The summed E-state index contributed by atoms with van der Waals surface area (Å²) in [5.41, 5.74) is 2.75. The van der Waals surface area contributed by atoms with Crippen LogP contribution < -0.4 is 5.32 Å². The normalized spacial score (nSPS) is 12.1. The van der Waals surface area contributed by atoms with E-state index < -0.39 is 12.0 Å². The summed E-state index contributed by atoms with van der Waals surface area (Å²) in [6.07, 6.45) is 2.23. The molecule has 0 aliphatic heterocycles. The van der Waals surface area contributed by atoms with Gasteiger partial charge in [0.2, 0.25) is 0 Å². The van der Waals surface area contributed by atoms with Gasteiger partial charge in [-0.1, -0.05) is 19.1 Å². The first-order chi connectivity index (χ1) is 8.70. The van der Waals surface area contributed by atoms with Crippen molar-refractivity contribution in [2.75, 3.05) is 5.32 Å². The van der Waals surface area contributed by atoms with E-state index >= 15 is 0 Å². The van der Waals surface area contributed by atoms with Gasteiger partial charge in [0.1, 0.15) is 6.04 Å². The van der Waals surface area contributed by atoms with Crippen LogP contribution in [0, 0.1) is 0 Å². The van der Waals surface area contributed by atoms with Gasteiger partial charge < -0.3 is 10.4 Å². The molecule has 2 rings (SSSR count). The third-order valence-corrected chi connectivity index (χ3v) is 2.74. The molecule has 0 saturated heterocycles. The van der Waals surface area contributed by atoms with Gasteiger partial charge in [-0.2, -0.15) is 5.10 Å². The number of carboxylic acids is 1. The van der Waals surface area contributed by atoms with E-state index in [0.29, 0.717) is 6.42 Å². The maximum atomic E-state index is 10.9. The number of nitrogens with zero attached hydrogens (tertiary/aromatic N) is 1. The third-order valence-electron chi connectivity index (χ3n) is 2.74. The average Bonchev–Trinajstić information content (AvgIpc) is 2.90. The molecule has 1 heterocycles. The Morgan fingerprint density at radius 3 is 2.61 bits per heavy atom. The second-order valence-electron chi connectivity index (χ2n) is 3.99. The fourth-order valence-electron chi connectivity index (χ4n) is 1.70. The van der Waals surface area contributed by atoms with E-state index in [1.807, 2.05) is 37.3 Å². The number of carbonyl (C=O) groups is 1. The lowest BCUT2D eigenvalue weighted by Gasteiger charge is -2.13. The number of rotatable bonds is 5. The topological polar surface area (TPSA) is 78.0 Å². The zero-order chi connectivity index (χ0) is 13.0. The van der Waals surface area contributed by atoms with E-state index in [1.165, 1.54) is 0 Å². The highest BCUT2D eigenvalue weighted by atomic mass is 16.4. The summed E-state index contributed by atoms with van der Waals surface area (Å²) < 4.78 is 0. The first kappa shape index (κ1) is 12.2. The minimum absolute atomic E-state index is 0.539. The van der Waals surface area contributed by atoms with Crippen LogP contribution >= 0.6 is 0 Å². The minimum Gasteiger partial charge on any atom is -0.480 e. The molecule has 0 aliphatic rings. The Hall–Kier alpha value is -2.30. The van der Waals surface area contributed by atoms with Crippen molar-refractivity contribution in [1.82, 2.24) is 10.2 Å². The van der Waals surface area contributed by atoms with E-state index in [9.17, 15) is 4.79 Å². The van der Waals surface area contributed by atoms with E-state index in [0.717, 1.165) is 16.9 Å². The molecule has 0 amide bonds. The Balaban J connectivity index is 2.10. The van der Waals surface area contributed by atoms with Gasteiger partial charge >= 0.3 is 5.97 Å². The van der Waals surface area contributed by atoms with Gasteiger partial charge in [0.15, 0.2) is 0 Å². The van der Waals surface area contributed by atoms with Crippen LogP contribution in [0.1, 0.15) is 13.3 Å². The lowest BCUT2D eigenvalue weighted by atomic mass is 10.1. The van der Waals surface area contributed by atoms with Crippen molar-refractivity contribution in [2.45, 2.75) is 19.4 Å². The number of aromatic nitrogens is 2. The molecule has 3 N–H and O–H groups in total. The maximum Gasteiger partial charge on any atom is 0.326 e. The number of anilines is 1. The molecule has 0 bridgehead atoms. The number of hydrogen-bond donors (Lipinski definition) is 3. The number of carboxylic acid groups (broad SMARTS) is 1. The first-order valence-corrected chi connectivity index (χ1v) is 5.80. The predicted molar refractivity (Wildman–Crippen MR) is 69.4 cm³/mol. The number of aliphatic carboxylic acids is 1. The summed E-state index contributed by atoms with van der Waals surface area (Å²) in [6.45, 7) is 1.84. The molecule has 1 atom stereocenters. The molecule has 94 valence electrons. The number of benzene rings is 1. The SMILES string of the molecule is CCC(Nc1ccc(-c2ccn[nH]2)cc1)C(=O)O. The standard InChI is InChI=1S/C13H15N3O2/c1-2-11(13(17)18)15-10-5-3-9(4-6-10)12-7-8-14-16-12/h3-8,11,15H,2H2,1H3,(H,14,16)(H,17,18). The highest BCUT2D eigenvalue weighted by Crippen LogP contribution is 2.19. The summed E-state index contributed by atoms with van der Waals surface area (Å²) in [5.74, 6) is -0.838. The van der Waals surface area contributed by atoms with Crippen molar-refractivity contribution in [2.24, 2.45) is 0 Å². The van der Waals surface area contributed by atoms with Crippen LogP contribution in [0.2, 0.25) is 0 Å². The Morgan fingerprint density at radius 2 is 2.11 bits per heavy atom. The lowest BCUT2D eigenvalue weighted by Crippen LogP contribution is -2.28. The summed E-state index contributed by atoms with van der Waals surface area (Å²) in [4.78, 5) is 10.9. The van der Waals surface area contributed by atoms with Crippen molar-refractivity contribution in [3.63, 3.8) is 0 Å². The number of H-pyrrole nitrogens is 1. The van der Waals surface area contributed by atoms with Crippen LogP contribution in [0.4, 0.5) is 5.69 Å². The molecule has 0 fully saturated rings. The van der Waals surface area contributed by atoms with Crippen LogP contribution in [0.25, 0.3) is 11.3 Å². The van der Waals surface area contributed by atoms with Crippen LogP contribution in [-0.4, -0.2) is 27.3 Å². The minimum atomic E-state index is -0.838.